The van der Waals surface area contributed by atoms with Crippen LogP contribution in [0.3, 0.4) is 0 Å². The fourth-order valence-corrected chi connectivity index (χ4v) is 2.17. The molecule has 0 saturated heterocycles. The number of aryl methyl sites for hydroxylation is 2. The lowest BCUT2D eigenvalue weighted by molar-refractivity contribution is 0.906. The third-order valence-corrected chi connectivity index (χ3v) is 3.36. The highest BCUT2D eigenvalue weighted by Crippen LogP contribution is 2.26. The number of nitriles is 1. The van der Waals surface area contributed by atoms with E-state index in [0.29, 0.717) is 0 Å². The molecule has 0 bridgehead atoms. The summed E-state index contributed by atoms with van der Waals surface area (Å²) in [6.45, 7) is 10.6. The van der Waals surface area contributed by atoms with Crippen LogP contribution in [0.25, 0.3) is 5.57 Å². The van der Waals surface area contributed by atoms with Crippen molar-refractivity contribution in [1.29, 1.82) is 5.26 Å². The van der Waals surface area contributed by atoms with E-state index in [9.17, 15) is 0 Å². The Morgan fingerprint density at radius 2 is 1.82 bits per heavy atom. The van der Waals surface area contributed by atoms with E-state index in [1.165, 1.54) is 28.7 Å². The molecule has 0 heterocycles. The minimum absolute atomic E-state index is 0.786. The Balaban J connectivity index is 3.33. The lowest BCUT2D eigenvalue weighted by Crippen LogP contribution is -1.94. The van der Waals surface area contributed by atoms with Crippen molar-refractivity contribution in [2.45, 2.75) is 47.5 Å². The maximum Gasteiger partial charge on any atom is 0.0994 e. The third kappa shape index (κ3) is 2.97. The van der Waals surface area contributed by atoms with E-state index in [2.05, 4.69) is 39.8 Å². The molecule has 1 nitrogen and oxygen atoms in total. The van der Waals surface area contributed by atoms with Gasteiger partial charge in [-0.3, -0.25) is 0 Å². The van der Waals surface area contributed by atoms with Gasteiger partial charge in [0.15, 0.2) is 0 Å². The number of allylic oxidation sites excluding steroid dienone is 2. The van der Waals surface area contributed by atoms with E-state index in [4.69, 9.17) is 5.26 Å². The number of hydrogen-bond acceptors (Lipinski definition) is 1. The van der Waals surface area contributed by atoms with Crippen LogP contribution in [0.15, 0.2) is 17.7 Å². The highest BCUT2D eigenvalue weighted by atomic mass is 14.2. The van der Waals surface area contributed by atoms with Gasteiger partial charge < -0.3 is 0 Å². The van der Waals surface area contributed by atoms with Gasteiger partial charge in [-0.25, -0.2) is 0 Å². The molecule has 0 aliphatic carbocycles. The van der Waals surface area contributed by atoms with Crippen LogP contribution in [0, 0.1) is 25.2 Å². The third-order valence-electron chi connectivity index (χ3n) is 3.36. The van der Waals surface area contributed by atoms with Gasteiger partial charge in [-0.1, -0.05) is 25.0 Å². The minimum atomic E-state index is 0.786. The Morgan fingerprint density at radius 3 is 2.35 bits per heavy atom. The zero-order valence-corrected chi connectivity index (χ0v) is 11.5. The van der Waals surface area contributed by atoms with Crippen LogP contribution in [0.5, 0.6) is 0 Å². The molecule has 0 atom stereocenters. The predicted octanol–water partition coefficient (Wildman–Crippen LogP) is 4.77. The Kier molecular flexibility index (Phi) is 4.52. The average Bonchev–Trinajstić information content (AvgIpc) is 2.29. The summed E-state index contributed by atoms with van der Waals surface area (Å²) in [7, 11) is 0. The van der Waals surface area contributed by atoms with E-state index < -0.39 is 0 Å². The standard InChI is InChI=1S/C16H21N/c1-6-7-11(2)14(5)16-9-15(10-17)12(3)8-13(16)4/h8-9H,6-7H2,1-5H3/b14-11-. The molecule has 0 N–H and O–H groups in total. The molecule has 0 amide bonds. The zero-order valence-electron chi connectivity index (χ0n) is 11.5. The molecular formula is C16H21N. The Hall–Kier alpha value is -1.55. The van der Waals surface area contributed by atoms with Crippen molar-refractivity contribution in [1.82, 2.24) is 0 Å². The summed E-state index contributed by atoms with van der Waals surface area (Å²) in [6, 6.07) is 6.40. The second-order valence-corrected chi connectivity index (χ2v) is 4.75. The Morgan fingerprint density at radius 1 is 1.18 bits per heavy atom. The minimum Gasteiger partial charge on any atom is -0.192 e. The van der Waals surface area contributed by atoms with Crippen LogP contribution >= 0.6 is 0 Å². The number of nitrogens with zero attached hydrogens (tertiary/aromatic N) is 1. The molecule has 0 unspecified atom stereocenters. The molecule has 0 aliphatic heterocycles. The van der Waals surface area contributed by atoms with Gasteiger partial charge in [-0.05, 0) is 62.4 Å². The summed E-state index contributed by atoms with van der Waals surface area (Å²) in [5.74, 6) is 0. The summed E-state index contributed by atoms with van der Waals surface area (Å²) in [5.41, 5.74) is 7.07. The maximum atomic E-state index is 9.09. The molecule has 1 heteroatoms. The van der Waals surface area contributed by atoms with Gasteiger partial charge in [0, 0.05) is 0 Å². The summed E-state index contributed by atoms with van der Waals surface area (Å²) >= 11 is 0. The van der Waals surface area contributed by atoms with E-state index >= 15 is 0 Å². The van der Waals surface area contributed by atoms with Gasteiger partial charge in [0.1, 0.15) is 0 Å². The molecule has 0 fully saturated rings. The van der Waals surface area contributed by atoms with Gasteiger partial charge >= 0.3 is 0 Å². The van der Waals surface area contributed by atoms with Gasteiger partial charge in [0.2, 0.25) is 0 Å². The SMILES string of the molecule is CCC/C(C)=C(/C)c1cc(C#N)c(C)cc1C. The van der Waals surface area contributed by atoms with Crippen molar-refractivity contribution in [3.05, 3.63) is 40.0 Å². The second-order valence-electron chi connectivity index (χ2n) is 4.75. The number of rotatable bonds is 3. The summed E-state index contributed by atoms with van der Waals surface area (Å²) in [5, 5.41) is 9.09. The first-order chi connectivity index (χ1) is 8.01. The van der Waals surface area contributed by atoms with Crippen molar-refractivity contribution in [2.75, 3.05) is 0 Å². The molecule has 0 saturated carbocycles. The molecular weight excluding hydrogens is 206 g/mol. The van der Waals surface area contributed by atoms with E-state index in [1.807, 2.05) is 13.0 Å². The fourth-order valence-electron chi connectivity index (χ4n) is 2.17. The maximum absolute atomic E-state index is 9.09. The van der Waals surface area contributed by atoms with Gasteiger partial charge in [0.25, 0.3) is 0 Å². The quantitative estimate of drug-likeness (QED) is 0.729. The molecule has 0 spiro atoms. The number of benzene rings is 1. The van der Waals surface area contributed by atoms with Crippen molar-refractivity contribution in [3.63, 3.8) is 0 Å². The highest BCUT2D eigenvalue weighted by Gasteiger charge is 2.07. The zero-order chi connectivity index (χ0) is 13.0. The van der Waals surface area contributed by atoms with Crippen LogP contribution in [-0.4, -0.2) is 0 Å². The highest BCUT2D eigenvalue weighted by molar-refractivity contribution is 5.71. The predicted molar refractivity (Wildman–Crippen MR) is 73.8 cm³/mol. The first kappa shape index (κ1) is 13.5. The van der Waals surface area contributed by atoms with Crippen molar-refractivity contribution < 1.29 is 0 Å². The van der Waals surface area contributed by atoms with Gasteiger partial charge in [-0.15, -0.1) is 0 Å². The Labute approximate surface area is 105 Å². The molecule has 0 aliphatic rings. The van der Waals surface area contributed by atoms with Crippen LogP contribution in [0.4, 0.5) is 0 Å². The lowest BCUT2D eigenvalue weighted by Gasteiger charge is -2.12. The normalized spacial score (nSPS) is 12.0. The molecule has 17 heavy (non-hydrogen) atoms. The largest absolute Gasteiger partial charge is 0.192 e. The summed E-state index contributed by atoms with van der Waals surface area (Å²) < 4.78 is 0. The molecule has 0 aromatic heterocycles. The first-order valence-corrected chi connectivity index (χ1v) is 6.19. The van der Waals surface area contributed by atoms with Crippen LogP contribution < -0.4 is 0 Å². The van der Waals surface area contributed by atoms with Gasteiger partial charge in [0.05, 0.1) is 11.6 Å². The smallest absolute Gasteiger partial charge is 0.0994 e. The fraction of sp³-hybridized carbons (Fsp3) is 0.438. The molecule has 1 rings (SSSR count). The average molecular weight is 227 g/mol. The van der Waals surface area contributed by atoms with E-state index in [1.54, 1.807) is 0 Å². The van der Waals surface area contributed by atoms with Crippen molar-refractivity contribution >= 4 is 5.57 Å². The monoisotopic (exact) mass is 227 g/mol. The molecule has 90 valence electrons. The second kappa shape index (κ2) is 5.68. The Bertz CT molecular complexity index is 487. The molecule has 1 aromatic carbocycles. The van der Waals surface area contributed by atoms with Crippen LogP contribution in [0.2, 0.25) is 0 Å². The number of hydrogen-bond donors (Lipinski definition) is 0. The first-order valence-electron chi connectivity index (χ1n) is 6.19. The van der Waals surface area contributed by atoms with Crippen LogP contribution in [-0.2, 0) is 0 Å². The summed E-state index contributed by atoms with van der Waals surface area (Å²) in [6.07, 6.45) is 2.29. The van der Waals surface area contributed by atoms with Crippen molar-refractivity contribution in [3.8, 4) is 6.07 Å². The lowest BCUT2D eigenvalue weighted by atomic mass is 9.92. The molecule has 1 aromatic rings. The van der Waals surface area contributed by atoms with Crippen LogP contribution in [0.1, 0.15) is 55.9 Å². The topological polar surface area (TPSA) is 23.8 Å². The molecule has 0 radical (unpaired) electrons. The van der Waals surface area contributed by atoms with E-state index in [0.717, 1.165) is 17.5 Å². The van der Waals surface area contributed by atoms with E-state index in [-0.39, 0.29) is 0 Å². The summed E-state index contributed by atoms with van der Waals surface area (Å²) in [4.78, 5) is 0. The van der Waals surface area contributed by atoms with Gasteiger partial charge in [-0.2, -0.15) is 5.26 Å². The van der Waals surface area contributed by atoms with Crippen molar-refractivity contribution in [2.24, 2.45) is 0 Å².